The molecule has 112 valence electrons. The van der Waals surface area contributed by atoms with Gasteiger partial charge in [-0.15, -0.1) is 0 Å². The fourth-order valence-corrected chi connectivity index (χ4v) is 2.83. The fraction of sp³-hybridized carbons (Fsp3) is 0.769. The zero-order chi connectivity index (χ0) is 15.1. The molecule has 0 saturated carbocycles. The van der Waals surface area contributed by atoms with Crippen molar-refractivity contribution in [1.82, 2.24) is 9.78 Å². The Morgan fingerprint density at radius 1 is 1.50 bits per heavy atom. The summed E-state index contributed by atoms with van der Waals surface area (Å²) in [6, 6.07) is 0.0391. The summed E-state index contributed by atoms with van der Waals surface area (Å²) in [6.07, 6.45) is 1.61. The fourth-order valence-electron chi connectivity index (χ4n) is 2.83. The minimum Gasteiger partial charge on any atom is -0.386 e. The lowest BCUT2D eigenvalue weighted by Gasteiger charge is -2.47. The summed E-state index contributed by atoms with van der Waals surface area (Å²) in [6.45, 7) is 8.42. The Labute approximate surface area is 118 Å². The van der Waals surface area contributed by atoms with E-state index in [1.807, 2.05) is 25.7 Å². The number of anilines is 1. The van der Waals surface area contributed by atoms with Gasteiger partial charge in [0, 0.05) is 6.04 Å². The number of aromatic nitrogens is 2. The molecule has 0 aliphatic carbocycles. The van der Waals surface area contributed by atoms with Crippen LogP contribution in [0.15, 0.2) is 0 Å². The summed E-state index contributed by atoms with van der Waals surface area (Å²) >= 11 is 0. The van der Waals surface area contributed by atoms with Crippen LogP contribution in [0.3, 0.4) is 0 Å². The highest BCUT2D eigenvalue weighted by Crippen LogP contribution is 2.39. The molecule has 2 rings (SSSR count). The first kappa shape index (κ1) is 14.8. The van der Waals surface area contributed by atoms with Crippen LogP contribution in [0.4, 0.5) is 11.5 Å². The second-order valence-corrected chi connectivity index (χ2v) is 5.88. The minimum atomic E-state index is -0.720. The van der Waals surface area contributed by atoms with Crippen LogP contribution in [0.2, 0.25) is 0 Å². The highest BCUT2D eigenvalue weighted by atomic mass is 16.6. The van der Waals surface area contributed by atoms with Crippen LogP contribution < -0.4 is 4.90 Å². The lowest BCUT2D eigenvalue weighted by molar-refractivity contribution is -0.384. The number of aliphatic hydroxyl groups is 1. The Hall–Kier alpha value is -1.63. The Morgan fingerprint density at radius 2 is 2.10 bits per heavy atom. The maximum Gasteiger partial charge on any atom is 0.333 e. The Bertz CT molecular complexity index is 518. The smallest absolute Gasteiger partial charge is 0.333 e. The quantitative estimate of drug-likeness (QED) is 0.660. The molecule has 20 heavy (non-hydrogen) atoms. The van der Waals surface area contributed by atoms with Crippen LogP contribution in [0.5, 0.6) is 0 Å². The monoisotopic (exact) mass is 282 g/mol. The lowest BCUT2D eigenvalue weighted by atomic mass is 9.89. The number of nitrogens with zero attached hydrogens (tertiary/aromatic N) is 4. The molecule has 7 nitrogen and oxygen atoms in total. The van der Waals surface area contributed by atoms with Gasteiger partial charge in [-0.2, -0.15) is 5.10 Å². The van der Waals surface area contributed by atoms with Crippen molar-refractivity contribution in [1.29, 1.82) is 0 Å². The predicted octanol–water partition coefficient (Wildman–Crippen LogP) is 2.03. The molecule has 1 aromatic heterocycles. The Morgan fingerprint density at radius 3 is 2.55 bits per heavy atom. The Balaban J connectivity index is 2.34. The van der Waals surface area contributed by atoms with Gasteiger partial charge in [0.2, 0.25) is 5.82 Å². The van der Waals surface area contributed by atoms with Gasteiger partial charge < -0.3 is 10.0 Å². The molecular weight excluding hydrogens is 260 g/mol. The van der Waals surface area contributed by atoms with Crippen LogP contribution in [-0.4, -0.2) is 38.5 Å². The van der Waals surface area contributed by atoms with Gasteiger partial charge in [-0.1, -0.05) is 13.3 Å². The largest absolute Gasteiger partial charge is 0.386 e. The van der Waals surface area contributed by atoms with Crippen molar-refractivity contribution in [3.05, 3.63) is 15.8 Å². The maximum atomic E-state index is 11.3. The number of aryl methyl sites for hydroxylation is 1. The first-order valence-corrected chi connectivity index (χ1v) is 7.00. The van der Waals surface area contributed by atoms with Gasteiger partial charge in [-0.05, 0) is 27.2 Å². The normalized spacial score (nSPS) is 17.4. The van der Waals surface area contributed by atoms with E-state index in [-0.39, 0.29) is 16.7 Å². The average molecular weight is 282 g/mol. The van der Waals surface area contributed by atoms with E-state index in [0.29, 0.717) is 31.0 Å². The van der Waals surface area contributed by atoms with Crippen LogP contribution in [0.25, 0.3) is 0 Å². The van der Waals surface area contributed by atoms with Gasteiger partial charge in [0.15, 0.2) is 0 Å². The number of hydrogen-bond donors (Lipinski definition) is 1. The number of β-amino-alcohol motifs (C(OH)–C–C–N with tert-alkyl or cyclic N) is 1. The van der Waals surface area contributed by atoms with Crippen molar-refractivity contribution >= 4 is 11.5 Å². The van der Waals surface area contributed by atoms with Gasteiger partial charge in [0.05, 0.1) is 23.6 Å². The molecule has 1 aliphatic heterocycles. The van der Waals surface area contributed by atoms with Crippen molar-refractivity contribution in [2.75, 3.05) is 18.0 Å². The van der Waals surface area contributed by atoms with Gasteiger partial charge >= 0.3 is 5.69 Å². The van der Waals surface area contributed by atoms with Gasteiger partial charge in [0.25, 0.3) is 0 Å². The third-order valence-electron chi connectivity index (χ3n) is 3.69. The van der Waals surface area contributed by atoms with Crippen molar-refractivity contribution in [2.45, 2.75) is 52.2 Å². The molecule has 1 aliphatic rings. The molecule has 1 aromatic rings. The lowest BCUT2D eigenvalue weighted by Crippen LogP contribution is -2.62. The first-order valence-electron chi connectivity index (χ1n) is 7.00. The molecule has 0 atom stereocenters. The number of hydrogen-bond acceptors (Lipinski definition) is 5. The van der Waals surface area contributed by atoms with Gasteiger partial charge in [0.1, 0.15) is 5.69 Å². The molecular formula is C13H22N4O3. The molecule has 0 unspecified atom stereocenters. The van der Waals surface area contributed by atoms with Crippen molar-refractivity contribution in [2.24, 2.45) is 0 Å². The van der Waals surface area contributed by atoms with E-state index in [9.17, 15) is 15.2 Å². The average Bonchev–Trinajstić information content (AvgIpc) is 2.63. The molecule has 0 amide bonds. The first-order chi connectivity index (χ1) is 9.29. The third-order valence-corrected chi connectivity index (χ3v) is 3.69. The van der Waals surface area contributed by atoms with Crippen molar-refractivity contribution < 1.29 is 10.0 Å². The van der Waals surface area contributed by atoms with Crippen molar-refractivity contribution in [3.8, 4) is 0 Å². The van der Waals surface area contributed by atoms with E-state index in [2.05, 4.69) is 5.10 Å². The molecule has 1 N–H and O–H groups in total. The SMILES string of the molecule is CCCC1(O)CN(c2c([N+](=O)[O-])c(C)nn2C(C)C)C1. The summed E-state index contributed by atoms with van der Waals surface area (Å²) in [7, 11) is 0. The van der Waals surface area contributed by atoms with Crippen LogP contribution >= 0.6 is 0 Å². The Kier molecular flexibility index (Phi) is 3.73. The van der Waals surface area contributed by atoms with Crippen LogP contribution in [-0.2, 0) is 0 Å². The topological polar surface area (TPSA) is 84.4 Å². The maximum absolute atomic E-state index is 11.3. The molecule has 0 aromatic carbocycles. The van der Waals surface area contributed by atoms with Gasteiger partial charge in [-0.25, -0.2) is 4.68 Å². The van der Waals surface area contributed by atoms with Gasteiger partial charge in [-0.3, -0.25) is 10.1 Å². The number of nitro groups is 1. The van der Waals surface area contributed by atoms with Crippen LogP contribution in [0.1, 0.15) is 45.3 Å². The van der Waals surface area contributed by atoms with E-state index < -0.39 is 5.60 Å². The van der Waals surface area contributed by atoms with Crippen molar-refractivity contribution in [3.63, 3.8) is 0 Å². The second kappa shape index (κ2) is 5.05. The molecule has 2 heterocycles. The second-order valence-electron chi connectivity index (χ2n) is 5.88. The van der Waals surface area contributed by atoms with Crippen LogP contribution in [0, 0.1) is 17.0 Å². The van der Waals surface area contributed by atoms with E-state index in [0.717, 1.165) is 6.42 Å². The summed E-state index contributed by atoms with van der Waals surface area (Å²) in [5, 5.41) is 25.8. The summed E-state index contributed by atoms with van der Waals surface area (Å²) in [4.78, 5) is 12.7. The molecule has 0 spiro atoms. The highest BCUT2D eigenvalue weighted by Gasteiger charge is 2.45. The molecule has 0 bridgehead atoms. The standard InChI is InChI=1S/C13H22N4O3/c1-5-6-13(18)7-15(8-13)12-11(17(19)20)10(4)14-16(12)9(2)3/h9,18H,5-8H2,1-4H3. The van der Waals surface area contributed by atoms with E-state index in [4.69, 9.17) is 0 Å². The summed E-state index contributed by atoms with van der Waals surface area (Å²) < 4.78 is 1.68. The summed E-state index contributed by atoms with van der Waals surface area (Å²) in [5.74, 6) is 0.517. The molecule has 0 radical (unpaired) electrons. The third kappa shape index (κ3) is 2.37. The zero-order valence-corrected chi connectivity index (χ0v) is 12.5. The highest BCUT2D eigenvalue weighted by molar-refractivity contribution is 5.63. The number of rotatable bonds is 5. The summed E-state index contributed by atoms with van der Waals surface area (Å²) in [5.41, 5.74) is -0.246. The molecule has 1 saturated heterocycles. The molecule has 1 fully saturated rings. The van der Waals surface area contributed by atoms with E-state index in [1.54, 1.807) is 11.6 Å². The van der Waals surface area contributed by atoms with E-state index >= 15 is 0 Å². The van der Waals surface area contributed by atoms with E-state index in [1.165, 1.54) is 0 Å². The minimum absolute atomic E-state index is 0.0391. The predicted molar refractivity (Wildman–Crippen MR) is 76.1 cm³/mol. The molecule has 7 heteroatoms. The zero-order valence-electron chi connectivity index (χ0n) is 12.5.